The Hall–Kier alpha value is -3.31. The maximum absolute atomic E-state index is 11.9. The lowest BCUT2D eigenvalue weighted by atomic mass is 10.2. The molecule has 1 aromatic heterocycles. The molecule has 1 unspecified atom stereocenters. The smallest absolute Gasteiger partial charge is 0.347 e. The minimum absolute atomic E-state index is 0.120. The normalized spacial score (nSPS) is 18.0. The number of aliphatic hydroxyl groups excluding tert-OH is 1. The second kappa shape index (κ2) is 10.8. The predicted octanol–water partition coefficient (Wildman–Crippen LogP) is 2.21. The van der Waals surface area contributed by atoms with Gasteiger partial charge in [0.25, 0.3) is 0 Å². The fourth-order valence-electron chi connectivity index (χ4n) is 3.19. The van der Waals surface area contributed by atoms with Crippen LogP contribution < -0.4 is 16.0 Å². The van der Waals surface area contributed by atoms with Gasteiger partial charge in [0.2, 0.25) is 0 Å². The number of nitrogens with one attached hydrogen (secondary N) is 1. The van der Waals surface area contributed by atoms with E-state index in [0.29, 0.717) is 49.0 Å². The summed E-state index contributed by atoms with van der Waals surface area (Å²) in [5.41, 5.74) is 7.42. The van der Waals surface area contributed by atoms with Gasteiger partial charge in [0.05, 0.1) is 37.0 Å². The fourth-order valence-corrected chi connectivity index (χ4v) is 3.76. The number of carbonyl (C=O) groups excluding carboxylic acids is 1. The van der Waals surface area contributed by atoms with Crippen LogP contribution in [0.4, 0.5) is 16.3 Å². The highest BCUT2D eigenvalue weighted by molar-refractivity contribution is 7.83. The number of amides is 2. The molecule has 2 aromatic rings. The van der Waals surface area contributed by atoms with Crippen LogP contribution in [0.5, 0.6) is 0 Å². The summed E-state index contributed by atoms with van der Waals surface area (Å²) in [6.07, 6.45) is 3.44. The average molecular weight is 459 g/mol. The number of ether oxygens (including phenoxy) is 1. The Bertz CT molecular complexity index is 1040. The minimum atomic E-state index is -1.04. The lowest BCUT2D eigenvalue weighted by molar-refractivity contribution is 0.0985. The number of nitrogens with zero attached hydrogens (tertiary/aromatic N) is 4. The first-order valence-electron chi connectivity index (χ1n) is 9.94. The maximum atomic E-state index is 11.9. The Morgan fingerprint density at radius 2 is 2.16 bits per heavy atom. The van der Waals surface area contributed by atoms with Crippen molar-refractivity contribution < 1.29 is 18.8 Å². The number of morpholine rings is 1. The molecule has 0 radical (unpaired) electrons. The van der Waals surface area contributed by atoms with Gasteiger partial charge in [-0.3, -0.25) is 4.21 Å². The van der Waals surface area contributed by atoms with Gasteiger partial charge in [-0.2, -0.15) is 4.99 Å². The summed E-state index contributed by atoms with van der Waals surface area (Å²) >= 11 is 0. The van der Waals surface area contributed by atoms with Gasteiger partial charge >= 0.3 is 6.03 Å². The molecule has 1 fully saturated rings. The molecule has 3 rings (SSSR count). The summed E-state index contributed by atoms with van der Waals surface area (Å²) < 4.78 is 17.3. The Labute approximate surface area is 188 Å². The number of aliphatic imine (C=N–C) groups is 1. The first kappa shape index (κ1) is 23.4. The number of anilines is 2. The molecular formula is C21H26N6O4S. The van der Waals surface area contributed by atoms with Crippen LogP contribution in [0.3, 0.4) is 0 Å². The summed E-state index contributed by atoms with van der Waals surface area (Å²) in [6, 6.07) is 8.34. The Kier molecular flexibility index (Phi) is 7.90. The van der Waals surface area contributed by atoms with Crippen LogP contribution in [0, 0.1) is 0 Å². The van der Waals surface area contributed by atoms with E-state index in [1.165, 1.54) is 0 Å². The van der Waals surface area contributed by atoms with Crippen molar-refractivity contribution in [1.82, 2.24) is 9.97 Å². The highest BCUT2D eigenvalue weighted by atomic mass is 32.2. The van der Waals surface area contributed by atoms with Gasteiger partial charge in [0.15, 0.2) is 5.82 Å². The number of hydrogen-bond donors (Lipinski definition) is 3. The summed E-state index contributed by atoms with van der Waals surface area (Å²) in [5, 5.41) is 11.2. The van der Waals surface area contributed by atoms with Crippen molar-refractivity contribution in [3.63, 3.8) is 0 Å². The van der Waals surface area contributed by atoms with Gasteiger partial charge in [0, 0.05) is 47.0 Å². The third-order valence-electron chi connectivity index (χ3n) is 4.65. The zero-order valence-corrected chi connectivity index (χ0v) is 18.7. The summed E-state index contributed by atoms with van der Waals surface area (Å²) in [4.78, 5) is 27.0. The molecule has 0 bridgehead atoms. The minimum Gasteiger partial charge on any atom is -0.515 e. The fraction of sp³-hybridized carbons (Fsp3) is 0.333. The van der Waals surface area contributed by atoms with Crippen LogP contribution in [-0.4, -0.2) is 63.2 Å². The van der Waals surface area contributed by atoms with Crippen LogP contribution in [0.1, 0.15) is 12.6 Å². The first-order chi connectivity index (χ1) is 15.4. The molecule has 2 amide bonds. The zero-order valence-electron chi connectivity index (χ0n) is 17.9. The standard InChI is InChI=1S/C21H26N6O4S/c1-14-12-31-10-8-27(14)19-11-17(13-32(2)30)23-20(26-19)15-3-5-16(6-4-15)24-21(29)25-18(22)7-9-28/h3-7,9,11,14,28H,8,10,12-13H2,1-2H3,(H3,22,24,25,29)/b9-7-/t14-,32?/m0/s1. The highest BCUT2D eigenvalue weighted by Crippen LogP contribution is 2.24. The first-order valence-corrected chi connectivity index (χ1v) is 11.7. The van der Waals surface area contributed by atoms with E-state index in [4.69, 9.17) is 20.6 Å². The van der Waals surface area contributed by atoms with Crippen molar-refractivity contribution >= 4 is 34.2 Å². The molecule has 1 aliphatic heterocycles. The number of amidine groups is 1. The molecular weight excluding hydrogens is 432 g/mol. The number of benzene rings is 1. The van der Waals surface area contributed by atoms with Crippen LogP contribution >= 0.6 is 0 Å². The van der Waals surface area contributed by atoms with Crippen LogP contribution in [-0.2, 0) is 21.3 Å². The van der Waals surface area contributed by atoms with E-state index in [1.807, 2.05) is 6.07 Å². The quantitative estimate of drug-likeness (QED) is 0.340. The van der Waals surface area contributed by atoms with Crippen molar-refractivity contribution in [3.05, 3.63) is 48.4 Å². The van der Waals surface area contributed by atoms with Gasteiger partial charge in [0.1, 0.15) is 11.7 Å². The summed E-state index contributed by atoms with van der Waals surface area (Å²) in [5.74, 6) is 1.49. The van der Waals surface area contributed by atoms with Crippen LogP contribution in [0.15, 0.2) is 47.7 Å². The summed E-state index contributed by atoms with van der Waals surface area (Å²) in [6.45, 7) is 4.02. The van der Waals surface area contributed by atoms with Crippen molar-refractivity contribution in [1.29, 1.82) is 0 Å². The molecule has 2 heterocycles. The lowest BCUT2D eigenvalue weighted by Crippen LogP contribution is -2.44. The van der Waals surface area contributed by atoms with Crippen LogP contribution in [0.25, 0.3) is 11.4 Å². The van der Waals surface area contributed by atoms with E-state index >= 15 is 0 Å². The number of rotatable bonds is 6. The Morgan fingerprint density at radius 3 is 2.81 bits per heavy atom. The van der Waals surface area contributed by atoms with E-state index in [9.17, 15) is 9.00 Å². The van der Waals surface area contributed by atoms with Gasteiger partial charge < -0.3 is 25.8 Å². The molecule has 4 N–H and O–H groups in total. The molecule has 1 aromatic carbocycles. The van der Waals surface area contributed by atoms with Crippen molar-refractivity contribution in [2.24, 2.45) is 10.7 Å². The molecule has 1 saturated heterocycles. The van der Waals surface area contributed by atoms with Crippen molar-refractivity contribution in [3.8, 4) is 11.4 Å². The van der Waals surface area contributed by atoms with E-state index in [2.05, 4.69) is 27.1 Å². The lowest BCUT2D eigenvalue weighted by Gasteiger charge is -2.34. The topological polar surface area (TPSA) is 143 Å². The number of urea groups is 1. The number of aliphatic hydroxyl groups is 1. The van der Waals surface area contributed by atoms with Gasteiger partial charge in [-0.15, -0.1) is 0 Å². The predicted molar refractivity (Wildman–Crippen MR) is 125 cm³/mol. The number of hydrogen-bond acceptors (Lipinski definition) is 7. The van der Waals surface area contributed by atoms with E-state index in [0.717, 1.165) is 17.5 Å². The largest absolute Gasteiger partial charge is 0.515 e. The highest BCUT2D eigenvalue weighted by Gasteiger charge is 2.22. The molecule has 11 heteroatoms. The SMILES string of the molecule is C[C@H]1COCCN1c1cc(CS(C)=O)nc(-c2ccc(NC(=O)N=C(N)/C=C\O)cc2)n1. The Morgan fingerprint density at radius 1 is 1.41 bits per heavy atom. The third-order valence-corrected chi connectivity index (χ3v) is 5.35. The molecule has 1 aliphatic rings. The summed E-state index contributed by atoms with van der Waals surface area (Å²) in [7, 11) is -1.04. The van der Waals surface area contributed by atoms with Gasteiger partial charge in [-0.1, -0.05) is 0 Å². The molecule has 0 saturated carbocycles. The second-order valence-corrected chi connectivity index (χ2v) is 8.67. The maximum Gasteiger partial charge on any atom is 0.347 e. The molecule has 0 spiro atoms. The van der Waals surface area contributed by atoms with Gasteiger partial charge in [-0.25, -0.2) is 14.8 Å². The molecule has 0 aliphatic carbocycles. The van der Waals surface area contributed by atoms with Crippen LogP contribution in [0.2, 0.25) is 0 Å². The molecule has 10 nitrogen and oxygen atoms in total. The average Bonchev–Trinajstić information content (AvgIpc) is 2.74. The van der Waals surface area contributed by atoms with Gasteiger partial charge in [-0.05, 0) is 31.2 Å². The number of aromatic nitrogens is 2. The number of nitrogens with two attached hydrogens (primary N) is 1. The van der Waals surface area contributed by atoms with E-state index in [1.54, 1.807) is 30.5 Å². The Balaban J connectivity index is 1.86. The number of carbonyl (C=O) groups is 1. The molecule has 170 valence electrons. The van der Waals surface area contributed by atoms with Crippen molar-refractivity contribution in [2.75, 3.05) is 36.2 Å². The third kappa shape index (κ3) is 6.34. The van der Waals surface area contributed by atoms with Crippen molar-refractivity contribution in [2.45, 2.75) is 18.7 Å². The monoisotopic (exact) mass is 458 g/mol. The molecule has 32 heavy (non-hydrogen) atoms. The zero-order chi connectivity index (χ0) is 23.1. The van der Waals surface area contributed by atoms with E-state index < -0.39 is 16.8 Å². The molecule has 2 atom stereocenters. The second-order valence-electron chi connectivity index (χ2n) is 7.24. The van der Waals surface area contributed by atoms with E-state index in [-0.39, 0.29) is 11.9 Å².